The number of carboxylic acids is 2. The third-order valence-electron chi connectivity index (χ3n) is 19.5. The van der Waals surface area contributed by atoms with Crippen molar-refractivity contribution >= 4 is 230 Å². The van der Waals surface area contributed by atoms with E-state index >= 15 is 0 Å². The Hall–Kier alpha value is -12.6. The molecule has 0 amide bonds. The van der Waals surface area contributed by atoms with E-state index in [-0.39, 0.29) is 102 Å². The fourth-order valence-electron chi connectivity index (χ4n) is 12.5. The molecule has 0 fully saturated rings. The Morgan fingerprint density at radius 2 is 0.568 bits per heavy atom. The number of hydrogen-bond acceptors (Lipinski definition) is 30. The van der Waals surface area contributed by atoms with Crippen LogP contribution in [0.2, 0.25) is 20.1 Å². The van der Waals surface area contributed by atoms with Crippen LogP contribution in [-0.4, -0.2) is 157 Å². The molecule has 0 bridgehead atoms. The van der Waals surface area contributed by atoms with Crippen molar-refractivity contribution in [3.8, 4) is 64.8 Å². The van der Waals surface area contributed by atoms with Crippen LogP contribution in [0.1, 0.15) is 125 Å². The Morgan fingerprint density at radius 3 is 0.795 bits per heavy atom. The van der Waals surface area contributed by atoms with Crippen LogP contribution in [0.4, 0.5) is 22.7 Å². The van der Waals surface area contributed by atoms with E-state index < -0.39 is 54.9 Å². The molecule has 0 unspecified atom stereocenters. The van der Waals surface area contributed by atoms with Crippen molar-refractivity contribution in [2.75, 3.05) is 40.4 Å². The van der Waals surface area contributed by atoms with Crippen molar-refractivity contribution in [2.45, 2.75) is 67.2 Å². The van der Waals surface area contributed by atoms with Crippen molar-refractivity contribution in [1.29, 1.82) is 0 Å². The Kier molecular flexibility index (Phi) is 37.1. The van der Waals surface area contributed by atoms with Crippen LogP contribution in [0.5, 0.6) is 23.0 Å². The molecule has 0 saturated heterocycles. The minimum Gasteiger partial charge on any atom is -0.506 e. The molecule has 8 aromatic carbocycles. The van der Waals surface area contributed by atoms with Crippen molar-refractivity contribution in [3.05, 3.63) is 318 Å². The van der Waals surface area contributed by atoms with Gasteiger partial charge in [-0.05, 0) is 135 Å². The van der Waals surface area contributed by atoms with E-state index in [4.69, 9.17) is 105 Å². The molecule has 132 heavy (non-hydrogen) atoms. The maximum Gasteiger partial charge on any atom is 0.344 e. The van der Waals surface area contributed by atoms with E-state index in [0.29, 0.717) is 123 Å². The second kappa shape index (κ2) is 47.5. The quantitative estimate of drug-likeness (QED) is 0.00749. The number of aryl methyl sites for hydroxylation is 2. The van der Waals surface area contributed by atoms with E-state index in [2.05, 4.69) is 29.4 Å². The maximum atomic E-state index is 11.7. The summed E-state index contributed by atoms with van der Waals surface area (Å²) in [5.41, 5.74) is 10.1. The third-order valence-corrected chi connectivity index (χ3v) is 26.1. The number of nitro groups is 4. The molecule has 0 radical (unpaired) electrons. The normalized spacial score (nSPS) is 11.4. The molecule has 4 heterocycles. The number of rotatable bonds is 32. The molecule has 0 spiro atoms. The number of hydrogen-bond donors (Lipinski definition) is 6. The van der Waals surface area contributed by atoms with Gasteiger partial charge in [0, 0.05) is 136 Å². The zero-order valence-corrected chi connectivity index (χ0v) is 80.3. The first-order valence-electron chi connectivity index (χ1n) is 38.7. The lowest BCUT2D eigenvalue weighted by molar-refractivity contribution is -0.385. The number of carboxylic acid groups (broad SMARTS) is 2. The highest BCUT2D eigenvalue weighted by atomic mass is 35.5. The van der Waals surface area contributed by atoms with Gasteiger partial charge < -0.3 is 40.1 Å². The Bertz CT molecular complexity index is 6680. The second-order valence-corrected chi connectivity index (χ2v) is 36.3. The van der Waals surface area contributed by atoms with Crippen LogP contribution in [0.15, 0.2) is 199 Å². The smallest absolute Gasteiger partial charge is 0.344 e. The Labute approximate surface area is 811 Å². The van der Waals surface area contributed by atoms with E-state index in [1.165, 1.54) is 113 Å². The van der Waals surface area contributed by atoms with Crippen molar-refractivity contribution < 1.29 is 79.0 Å². The number of esters is 2. The van der Waals surface area contributed by atoms with Crippen molar-refractivity contribution in [3.63, 3.8) is 0 Å². The average molecular weight is 2010 g/mol. The lowest BCUT2D eigenvalue weighted by atomic mass is 10.0. The van der Waals surface area contributed by atoms with E-state index in [9.17, 15) is 80.1 Å². The molecule has 0 saturated carbocycles. The lowest BCUT2D eigenvalue weighted by Crippen LogP contribution is -2.09. The summed E-state index contributed by atoms with van der Waals surface area (Å²) in [6.45, 7) is 11.9. The molecule has 0 aliphatic heterocycles. The van der Waals surface area contributed by atoms with Crippen molar-refractivity contribution in [1.82, 2.24) is 0 Å². The molecule has 680 valence electrons. The summed E-state index contributed by atoms with van der Waals surface area (Å²) in [6, 6.07) is 42.5. The van der Waals surface area contributed by atoms with Crippen LogP contribution in [-0.2, 0) is 35.2 Å². The van der Waals surface area contributed by atoms with Gasteiger partial charge in [-0.1, -0.05) is 191 Å². The number of aromatic hydroxyl groups is 4. The highest BCUT2D eigenvalue weighted by Gasteiger charge is 2.28. The standard InChI is InChI=1S/C24H22N2O5S2.C23H18Cl2N2O5S2.C23H20N2O5S2.C22H16Cl2N2O5S2/c1-14-4-7-17(8-5-14)23-22(27)20(13-33-23)15(2)25-12-18(32)10-16-6-9-19(24(28)31-3)21(11-16)26(29)30;1-12(17-11-34-22(21(17)28)14-4-6-18(24)19(25)9-14)26-10-15(33)7-13-3-5-16(23(29)32-2)20(8-13)27(30)31;1-13-3-6-16(7-4-13)22-21(26)19(12-32-22)14(2)24-11-17(31)9-15-5-8-18(23(27)28)20(10-15)25(29)30;1-11(16-10-33-21(20(16)27)13-3-5-17(23)18(24)8-13)25-9-14(32)6-12-2-4-15(22(28)29)19(7-12)26(30)31/h4-9,11,13,27H,10,12H2,1-3H3;3-6,8-9,11,28H,7,10H2,1-2H3;3-8,10,12,26H,9,11H2,1-2H3,(H,27,28);2-5,7-8,10,27H,6,9H2,1H3,(H,28,29). The summed E-state index contributed by atoms with van der Waals surface area (Å²) in [5.74, 6) is -3.75. The fraction of sp³-hybridized carbons (Fsp3) is 0.174. The number of carbonyl (C=O) groups excluding carboxylic acids is 2. The summed E-state index contributed by atoms with van der Waals surface area (Å²) in [5, 5.41) is 115. The number of benzene rings is 8. The molecule has 28 nitrogen and oxygen atoms in total. The number of methoxy groups -OCH3 is 2. The minimum atomic E-state index is -1.37. The molecular formula is C92H76Cl4N8O20S8. The van der Waals surface area contributed by atoms with Gasteiger partial charge in [-0.3, -0.25) is 60.4 Å². The topological polar surface area (TPSA) is 430 Å². The van der Waals surface area contributed by atoms with Crippen LogP contribution >= 0.6 is 141 Å². The zero-order valence-electron chi connectivity index (χ0n) is 70.7. The van der Waals surface area contributed by atoms with Crippen molar-refractivity contribution in [2.24, 2.45) is 20.0 Å². The van der Waals surface area contributed by atoms with Crippen LogP contribution < -0.4 is 0 Å². The highest BCUT2D eigenvalue weighted by molar-refractivity contribution is 7.81. The Morgan fingerprint density at radius 1 is 0.341 bits per heavy atom. The largest absolute Gasteiger partial charge is 0.506 e. The Balaban J connectivity index is 0.000000198. The number of aromatic carboxylic acids is 2. The predicted molar refractivity (Wildman–Crippen MR) is 538 cm³/mol. The molecular weight excluding hydrogens is 1940 g/mol. The lowest BCUT2D eigenvalue weighted by Gasteiger charge is -2.06. The number of nitrogens with zero attached hydrogens (tertiary/aromatic N) is 8. The number of thiocarbonyl (C=S) groups is 4. The van der Waals surface area contributed by atoms with E-state index in [1.54, 1.807) is 87.0 Å². The molecule has 0 aliphatic rings. The highest BCUT2D eigenvalue weighted by Crippen LogP contribution is 2.45. The molecule has 6 N–H and O–H groups in total. The minimum absolute atomic E-state index is 0.0745. The molecule has 4 aromatic heterocycles. The SMILES string of the molecule is CC(=NCC(=S)Cc1ccc(C(=O)O)c([N+](=O)[O-])c1)c1csc(-c2ccc(C)cc2)c1O.CC(=NCC(=S)Cc1ccc(C(=O)O)c([N+](=O)[O-])c1)c1csc(-c2ccc(Cl)c(Cl)c2)c1O.COC(=O)c1ccc(CC(=S)CN=C(C)c2csc(-c3ccc(C)cc3)c2O)cc1[N+](=O)[O-].COC(=O)c1ccc(CC(=S)CN=C(C)c2csc(-c3ccc(Cl)c(Cl)c3)c2O)cc1[N+](=O)[O-]. The maximum absolute atomic E-state index is 11.7. The summed E-state index contributed by atoms with van der Waals surface area (Å²) in [7, 11) is 2.33. The van der Waals surface area contributed by atoms with Gasteiger partial charge in [0.05, 0.1) is 99.7 Å². The molecule has 0 atom stereocenters. The number of halogens is 4. The summed E-state index contributed by atoms with van der Waals surface area (Å²) < 4.78 is 9.18. The molecule has 12 aromatic rings. The first kappa shape index (κ1) is 103. The molecule has 12 rings (SSSR count). The zero-order chi connectivity index (χ0) is 96.8. The second-order valence-electron chi connectivity index (χ2n) is 28.8. The third kappa shape index (κ3) is 27.3. The number of ether oxygens (including phenoxy) is 2. The van der Waals surface area contributed by atoms with Gasteiger partial charge in [-0.25, -0.2) is 19.2 Å². The number of thiophene rings is 4. The number of nitro benzene ring substituents is 4. The first-order valence-corrected chi connectivity index (χ1v) is 45.4. The predicted octanol–water partition coefficient (Wildman–Crippen LogP) is 24.0. The summed E-state index contributed by atoms with van der Waals surface area (Å²) in [6.07, 6.45) is 1.02. The van der Waals surface area contributed by atoms with Gasteiger partial charge in [-0.2, -0.15) is 0 Å². The van der Waals surface area contributed by atoms with Gasteiger partial charge in [0.2, 0.25) is 0 Å². The summed E-state index contributed by atoms with van der Waals surface area (Å²) >= 11 is 51.2. The average Bonchev–Trinajstić information content (AvgIpc) is 1.64. The number of carbonyl (C=O) groups is 4. The van der Waals surface area contributed by atoms with E-state index in [0.717, 1.165) is 50.2 Å². The van der Waals surface area contributed by atoms with E-state index in [1.807, 2.05) is 73.1 Å². The van der Waals surface area contributed by atoms with Crippen LogP contribution in [0.25, 0.3) is 41.8 Å². The van der Waals surface area contributed by atoms with Crippen LogP contribution in [0.3, 0.4) is 0 Å². The monoisotopic (exact) mass is 2010 g/mol. The van der Waals surface area contributed by atoms with Crippen LogP contribution in [0, 0.1) is 54.3 Å². The molecule has 40 heteroatoms. The number of aliphatic imine (C=N–C) groups is 4. The molecule has 0 aliphatic carbocycles. The first-order chi connectivity index (χ1) is 62.6. The van der Waals surface area contributed by atoms with Gasteiger partial charge in [0.1, 0.15) is 45.3 Å². The van der Waals surface area contributed by atoms with Gasteiger partial charge in [0.15, 0.2) is 0 Å². The van der Waals surface area contributed by atoms with Gasteiger partial charge >= 0.3 is 23.9 Å². The van der Waals surface area contributed by atoms with Gasteiger partial charge in [-0.15, -0.1) is 45.3 Å². The summed E-state index contributed by atoms with van der Waals surface area (Å²) in [4.78, 5) is 111. The van der Waals surface area contributed by atoms with Gasteiger partial charge in [0.25, 0.3) is 22.7 Å². The fourth-order valence-corrected chi connectivity index (χ4v) is 18.1.